The first kappa shape index (κ1) is 47.3. The molecule has 1 aromatic carbocycles. The number of carbonyl (C=O) groups is 1. The Hall–Kier alpha value is -2.89. The normalized spacial score (nSPS) is 11.4. The minimum Gasteiger partial charge on any atom is -0.478 e. The standard InChI is InChI=1S/C35H58N4O15/c1-42-6-7-43-8-9-44-10-11-45-12-13-46-14-15-47-16-17-48-18-19-49-20-21-50-22-23-51-24-25-52-26-27-53-28-29-54-30-33-36-38-34(39-37-33)31-2-4-32(5-3-31)35(40)41/h2-5H,6-30H2,1H3,(H,40,41). The number of carboxylic acids is 1. The Morgan fingerprint density at radius 2 is 0.704 bits per heavy atom. The van der Waals surface area contributed by atoms with E-state index in [4.69, 9.17) is 66.7 Å². The third-order valence-electron chi connectivity index (χ3n) is 6.67. The molecule has 19 nitrogen and oxygen atoms in total. The van der Waals surface area contributed by atoms with Crippen LogP contribution < -0.4 is 0 Å². The summed E-state index contributed by atoms with van der Waals surface area (Å²) in [6, 6.07) is 6.14. The zero-order valence-corrected chi connectivity index (χ0v) is 31.4. The predicted molar refractivity (Wildman–Crippen MR) is 191 cm³/mol. The van der Waals surface area contributed by atoms with Gasteiger partial charge in [-0.05, 0) is 12.1 Å². The van der Waals surface area contributed by atoms with Crippen molar-refractivity contribution in [2.24, 2.45) is 0 Å². The van der Waals surface area contributed by atoms with Crippen LogP contribution in [-0.4, -0.2) is 197 Å². The van der Waals surface area contributed by atoms with E-state index >= 15 is 0 Å². The first-order valence-corrected chi connectivity index (χ1v) is 18.0. The summed E-state index contributed by atoms with van der Waals surface area (Å²) >= 11 is 0. The van der Waals surface area contributed by atoms with Crippen LogP contribution in [0.15, 0.2) is 24.3 Å². The molecular weight excluding hydrogens is 716 g/mol. The second-order valence-corrected chi connectivity index (χ2v) is 10.8. The minimum absolute atomic E-state index is 0.139. The number of rotatable bonds is 40. The summed E-state index contributed by atoms with van der Waals surface area (Å²) in [6.07, 6.45) is 0. The van der Waals surface area contributed by atoms with Gasteiger partial charge >= 0.3 is 5.97 Å². The number of aromatic carboxylic acids is 1. The SMILES string of the molecule is COCCOCCOCCOCCOCCOCCOCCOCCOCCOCCOCCOCCOCc1nnc(-c2ccc(C(=O)O)cc2)nn1. The molecule has 0 saturated heterocycles. The highest BCUT2D eigenvalue weighted by Crippen LogP contribution is 2.14. The number of benzene rings is 1. The molecule has 1 N–H and O–H groups in total. The van der Waals surface area contributed by atoms with Gasteiger partial charge in [0.15, 0.2) is 5.82 Å². The molecule has 54 heavy (non-hydrogen) atoms. The molecule has 0 aliphatic carbocycles. The molecule has 0 spiro atoms. The highest BCUT2D eigenvalue weighted by molar-refractivity contribution is 5.88. The molecule has 0 saturated carbocycles. The topological polar surface area (TPSA) is 209 Å². The number of hydrogen-bond donors (Lipinski definition) is 1. The highest BCUT2D eigenvalue weighted by atomic mass is 16.6. The van der Waals surface area contributed by atoms with Gasteiger partial charge in [-0.15, -0.1) is 20.4 Å². The van der Waals surface area contributed by atoms with E-state index in [-0.39, 0.29) is 12.2 Å². The van der Waals surface area contributed by atoms with Crippen molar-refractivity contribution >= 4 is 5.97 Å². The van der Waals surface area contributed by atoms with Crippen molar-refractivity contribution in [3.05, 3.63) is 35.7 Å². The summed E-state index contributed by atoms with van der Waals surface area (Å²) in [5, 5.41) is 25.0. The number of hydrogen-bond acceptors (Lipinski definition) is 18. The van der Waals surface area contributed by atoms with Crippen LogP contribution in [0, 0.1) is 0 Å². The first-order valence-electron chi connectivity index (χ1n) is 18.0. The number of methoxy groups -OCH3 is 1. The van der Waals surface area contributed by atoms with E-state index in [1.807, 2.05) is 0 Å². The molecule has 19 heteroatoms. The van der Waals surface area contributed by atoms with Crippen molar-refractivity contribution in [3.8, 4) is 11.4 Å². The van der Waals surface area contributed by atoms with Crippen LogP contribution in [0.3, 0.4) is 0 Å². The molecule has 0 bridgehead atoms. The predicted octanol–water partition coefficient (Wildman–Crippen LogP) is 0.977. The van der Waals surface area contributed by atoms with E-state index in [1.165, 1.54) is 12.1 Å². The van der Waals surface area contributed by atoms with Gasteiger partial charge in [0.25, 0.3) is 0 Å². The number of carboxylic acid groups (broad SMARTS) is 1. The second-order valence-electron chi connectivity index (χ2n) is 10.8. The molecular formula is C35H58N4O15. The molecule has 0 atom stereocenters. The van der Waals surface area contributed by atoms with Crippen LogP contribution in [0.2, 0.25) is 0 Å². The molecule has 0 amide bonds. The van der Waals surface area contributed by atoms with E-state index in [0.717, 1.165) is 0 Å². The van der Waals surface area contributed by atoms with Gasteiger partial charge in [0.05, 0.1) is 164 Å². The third kappa shape index (κ3) is 27.7. The lowest BCUT2D eigenvalue weighted by molar-refractivity contribution is -0.0289. The Bertz CT molecular complexity index is 1120. The molecule has 0 aliphatic rings. The van der Waals surface area contributed by atoms with Crippen LogP contribution in [0.25, 0.3) is 11.4 Å². The maximum absolute atomic E-state index is 11.0. The monoisotopic (exact) mass is 774 g/mol. The molecule has 2 rings (SSSR count). The maximum Gasteiger partial charge on any atom is 0.335 e. The van der Waals surface area contributed by atoms with E-state index in [0.29, 0.717) is 176 Å². The van der Waals surface area contributed by atoms with Crippen molar-refractivity contribution in [1.82, 2.24) is 20.4 Å². The maximum atomic E-state index is 11.0. The molecule has 1 heterocycles. The lowest BCUT2D eigenvalue weighted by atomic mass is 10.1. The Labute approximate surface area is 317 Å². The van der Waals surface area contributed by atoms with Crippen molar-refractivity contribution in [2.75, 3.05) is 166 Å². The van der Waals surface area contributed by atoms with Gasteiger partial charge in [-0.25, -0.2) is 4.79 Å². The van der Waals surface area contributed by atoms with E-state index in [9.17, 15) is 4.79 Å². The summed E-state index contributed by atoms with van der Waals surface area (Å²) in [5.74, 6) is -0.379. The molecule has 0 radical (unpaired) electrons. The number of ether oxygens (including phenoxy) is 13. The molecule has 308 valence electrons. The first-order chi connectivity index (χ1) is 26.7. The van der Waals surface area contributed by atoms with E-state index in [2.05, 4.69) is 20.4 Å². The highest BCUT2D eigenvalue weighted by Gasteiger charge is 2.07. The fourth-order valence-corrected chi connectivity index (χ4v) is 3.91. The van der Waals surface area contributed by atoms with Crippen molar-refractivity contribution in [1.29, 1.82) is 0 Å². The van der Waals surface area contributed by atoms with E-state index < -0.39 is 5.97 Å². The Morgan fingerprint density at radius 1 is 0.426 bits per heavy atom. The van der Waals surface area contributed by atoms with Gasteiger partial charge in [0, 0.05) is 12.7 Å². The fraction of sp³-hybridized carbons (Fsp3) is 0.743. The van der Waals surface area contributed by atoms with Crippen molar-refractivity contribution in [2.45, 2.75) is 6.61 Å². The third-order valence-corrected chi connectivity index (χ3v) is 6.67. The summed E-state index contributed by atoms with van der Waals surface area (Å²) in [7, 11) is 1.64. The van der Waals surface area contributed by atoms with Gasteiger partial charge in [-0.2, -0.15) is 0 Å². The van der Waals surface area contributed by atoms with Crippen LogP contribution >= 0.6 is 0 Å². The number of nitrogens with zero attached hydrogens (tertiary/aromatic N) is 4. The quantitative estimate of drug-likeness (QED) is 0.0936. The molecule has 0 fully saturated rings. The van der Waals surface area contributed by atoms with Crippen LogP contribution in [0.1, 0.15) is 16.2 Å². The number of aromatic nitrogens is 4. The molecule has 2 aromatic rings. The zero-order valence-electron chi connectivity index (χ0n) is 31.4. The lowest BCUT2D eigenvalue weighted by Gasteiger charge is -2.09. The average molecular weight is 775 g/mol. The van der Waals surface area contributed by atoms with Gasteiger partial charge in [0.1, 0.15) is 6.61 Å². The van der Waals surface area contributed by atoms with Crippen LogP contribution in [0.4, 0.5) is 0 Å². The fourth-order valence-electron chi connectivity index (χ4n) is 3.91. The summed E-state index contributed by atoms with van der Waals surface area (Å²) in [4.78, 5) is 11.0. The largest absolute Gasteiger partial charge is 0.478 e. The molecule has 1 aromatic heterocycles. The Morgan fingerprint density at radius 3 is 0.981 bits per heavy atom. The summed E-state index contributed by atoms with van der Waals surface area (Å²) < 4.78 is 70.3. The van der Waals surface area contributed by atoms with Gasteiger partial charge < -0.3 is 66.7 Å². The smallest absolute Gasteiger partial charge is 0.335 e. The zero-order chi connectivity index (χ0) is 38.4. The summed E-state index contributed by atoms with van der Waals surface area (Å²) in [5.41, 5.74) is 0.793. The molecule has 0 aliphatic heterocycles. The van der Waals surface area contributed by atoms with Crippen LogP contribution in [-0.2, 0) is 68.2 Å². The lowest BCUT2D eigenvalue weighted by Crippen LogP contribution is -2.15. The van der Waals surface area contributed by atoms with Gasteiger partial charge in [0.2, 0.25) is 5.82 Å². The Kier molecular flexibility index (Phi) is 31.3. The van der Waals surface area contributed by atoms with E-state index in [1.54, 1.807) is 19.2 Å². The average Bonchev–Trinajstić information content (AvgIpc) is 3.19. The van der Waals surface area contributed by atoms with Gasteiger partial charge in [-0.3, -0.25) is 0 Å². The Balaban J connectivity index is 1.19. The van der Waals surface area contributed by atoms with Crippen LogP contribution in [0.5, 0.6) is 0 Å². The van der Waals surface area contributed by atoms with Crippen molar-refractivity contribution < 1.29 is 71.5 Å². The van der Waals surface area contributed by atoms with Gasteiger partial charge in [-0.1, -0.05) is 12.1 Å². The van der Waals surface area contributed by atoms with Crippen molar-refractivity contribution in [3.63, 3.8) is 0 Å². The second kappa shape index (κ2) is 35.8. The summed E-state index contributed by atoms with van der Waals surface area (Å²) in [6.45, 7) is 11.8. The minimum atomic E-state index is -1.00. The molecule has 0 unspecified atom stereocenters.